The van der Waals surface area contributed by atoms with Gasteiger partial charge in [0.05, 0.1) is 29.5 Å². The lowest BCUT2D eigenvalue weighted by Gasteiger charge is -2.31. The molecule has 12 heteroatoms. The van der Waals surface area contributed by atoms with Crippen molar-refractivity contribution in [1.82, 2.24) is 15.2 Å². The highest BCUT2D eigenvalue weighted by Crippen LogP contribution is 2.31. The third kappa shape index (κ3) is 7.02. The van der Waals surface area contributed by atoms with Crippen LogP contribution in [0.15, 0.2) is 16.7 Å². The topological polar surface area (TPSA) is 54.5 Å². The first-order valence-corrected chi connectivity index (χ1v) is 8.99. The van der Waals surface area contributed by atoms with Crippen molar-refractivity contribution in [2.24, 2.45) is 0 Å². The molecule has 0 aliphatic carbocycles. The highest BCUT2D eigenvalue weighted by molar-refractivity contribution is 9.10. The second-order valence-corrected chi connectivity index (χ2v) is 6.76. The van der Waals surface area contributed by atoms with Gasteiger partial charge in [-0.1, -0.05) is 0 Å². The number of rotatable bonds is 7. The van der Waals surface area contributed by atoms with Gasteiger partial charge in [0.15, 0.2) is 5.75 Å². The van der Waals surface area contributed by atoms with Gasteiger partial charge in [-0.2, -0.15) is 26.3 Å². The molecule has 1 N–H and O–H groups in total. The quantitative estimate of drug-likeness (QED) is 0.545. The van der Waals surface area contributed by atoms with E-state index < -0.39 is 43.3 Å². The smallest absolute Gasteiger partial charge is 0.408 e. The summed E-state index contributed by atoms with van der Waals surface area (Å²) < 4.78 is 81.6. The number of hydrogen-bond acceptors (Lipinski definition) is 3. The van der Waals surface area contributed by atoms with Crippen LogP contribution < -0.4 is 10.1 Å². The van der Waals surface area contributed by atoms with Gasteiger partial charge in [-0.05, 0) is 42.3 Å². The number of nitrogens with zero attached hydrogens (tertiary/aromatic N) is 2. The largest absolute Gasteiger partial charge is 0.494 e. The molecule has 2 amide bonds. The molecule has 1 heterocycles. The summed E-state index contributed by atoms with van der Waals surface area (Å²) in [5.41, 5.74) is 0.364. The Morgan fingerprint density at radius 1 is 1.32 bits per heavy atom. The first-order chi connectivity index (χ1) is 12.8. The molecule has 1 aromatic heterocycles. The Balaban J connectivity index is 2.96. The Hall–Kier alpha value is -1.72. The number of pyridine rings is 1. The number of alkyl halides is 6. The number of urea groups is 1. The van der Waals surface area contributed by atoms with E-state index in [1.807, 2.05) is 0 Å². The minimum Gasteiger partial charge on any atom is -0.494 e. The number of methoxy groups -OCH3 is 1. The van der Waals surface area contributed by atoms with Crippen LogP contribution in [0.3, 0.4) is 0 Å². The van der Waals surface area contributed by atoms with Crippen LogP contribution in [-0.2, 0) is 0 Å². The molecule has 1 aromatic rings. The minimum atomic E-state index is -5.01. The van der Waals surface area contributed by atoms with Crippen molar-refractivity contribution in [3.63, 3.8) is 0 Å². The van der Waals surface area contributed by atoms with Gasteiger partial charge in [0.2, 0.25) is 0 Å². The summed E-state index contributed by atoms with van der Waals surface area (Å²) in [5.74, 6) is 0.424. The molecule has 0 spiro atoms. The van der Waals surface area contributed by atoms with Crippen molar-refractivity contribution >= 4 is 22.0 Å². The highest BCUT2D eigenvalue weighted by atomic mass is 79.9. The minimum absolute atomic E-state index is 0.0160. The average Bonchev–Trinajstić information content (AvgIpc) is 2.57. The van der Waals surface area contributed by atoms with E-state index in [1.165, 1.54) is 20.2 Å². The van der Waals surface area contributed by atoms with E-state index in [0.29, 0.717) is 15.9 Å². The predicted molar refractivity (Wildman–Crippen MR) is 92.9 cm³/mol. The summed E-state index contributed by atoms with van der Waals surface area (Å²) in [4.78, 5) is 17.5. The van der Waals surface area contributed by atoms with Crippen molar-refractivity contribution in [1.29, 1.82) is 0 Å². The van der Waals surface area contributed by atoms with Crippen LogP contribution in [-0.4, -0.2) is 48.0 Å². The lowest BCUT2D eigenvalue weighted by Crippen LogP contribution is -2.51. The summed E-state index contributed by atoms with van der Waals surface area (Å²) in [5, 5.41) is 1.67. The number of carbonyl (C=O) groups excluding carboxylic acids is 1. The lowest BCUT2D eigenvalue weighted by atomic mass is 10.1. The number of ether oxygens (including phenoxy) is 1. The maximum atomic E-state index is 13.1. The van der Waals surface area contributed by atoms with Crippen molar-refractivity contribution in [2.45, 2.75) is 51.1 Å². The van der Waals surface area contributed by atoms with Gasteiger partial charge in [0, 0.05) is 13.0 Å². The Morgan fingerprint density at radius 2 is 1.93 bits per heavy atom. The molecule has 0 aromatic carbocycles. The van der Waals surface area contributed by atoms with Crippen molar-refractivity contribution in [3.8, 4) is 5.75 Å². The average molecular weight is 480 g/mol. The van der Waals surface area contributed by atoms with E-state index in [1.54, 1.807) is 18.3 Å². The van der Waals surface area contributed by atoms with E-state index in [9.17, 15) is 31.1 Å². The maximum absolute atomic E-state index is 13.1. The fourth-order valence-corrected chi connectivity index (χ4v) is 2.92. The van der Waals surface area contributed by atoms with Crippen LogP contribution >= 0.6 is 15.9 Å². The Labute approximate surface area is 166 Å². The van der Waals surface area contributed by atoms with E-state index in [4.69, 9.17) is 4.74 Å². The molecule has 0 aliphatic heterocycles. The number of carbonyl (C=O) groups is 1. The summed E-state index contributed by atoms with van der Waals surface area (Å²) in [7, 11) is 1.43. The van der Waals surface area contributed by atoms with Crippen LogP contribution in [0.2, 0.25) is 0 Å². The van der Waals surface area contributed by atoms with Crippen LogP contribution in [0.4, 0.5) is 31.1 Å². The van der Waals surface area contributed by atoms with Crippen LogP contribution in [0.1, 0.15) is 38.4 Å². The number of halogens is 7. The third-order valence-electron chi connectivity index (χ3n) is 3.97. The van der Waals surface area contributed by atoms with Gasteiger partial charge < -0.3 is 15.0 Å². The fraction of sp³-hybridized carbons (Fsp3) is 0.625. The Kier molecular flexibility index (Phi) is 8.39. The van der Waals surface area contributed by atoms with E-state index in [0.717, 1.165) is 4.90 Å². The summed E-state index contributed by atoms with van der Waals surface area (Å²) in [6.45, 7) is 3.10. The van der Waals surface area contributed by atoms with Gasteiger partial charge in [-0.25, -0.2) is 4.79 Å². The maximum Gasteiger partial charge on any atom is 0.408 e. The van der Waals surface area contributed by atoms with Crippen LogP contribution in [0, 0.1) is 0 Å². The SMILES string of the molecule is CCN(C(=O)NC(CCC(F)(F)F)C(F)(F)F)[C@H](C)c1cc(Br)c(OC)cn1. The molecule has 0 saturated heterocycles. The molecule has 0 bridgehead atoms. The Bertz CT molecular complexity index is 669. The molecule has 0 saturated carbocycles. The van der Waals surface area contributed by atoms with Crippen molar-refractivity contribution < 1.29 is 35.9 Å². The Morgan fingerprint density at radius 3 is 2.36 bits per heavy atom. The first kappa shape index (κ1) is 24.3. The van der Waals surface area contributed by atoms with Gasteiger partial charge in [-0.3, -0.25) is 4.98 Å². The van der Waals surface area contributed by atoms with Crippen LogP contribution in [0.25, 0.3) is 0 Å². The van der Waals surface area contributed by atoms with Gasteiger partial charge in [0.25, 0.3) is 0 Å². The van der Waals surface area contributed by atoms with Gasteiger partial charge in [0.1, 0.15) is 6.04 Å². The monoisotopic (exact) mass is 479 g/mol. The second-order valence-electron chi connectivity index (χ2n) is 5.90. The third-order valence-corrected chi connectivity index (χ3v) is 4.59. The zero-order valence-electron chi connectivity index (χ0n) is 15.3. The summed E-state index contributed by atoms with van der Waals surface area (Å²) in [6, 6.07) is -2.93. The van der Waals surface area contributed by atoms with Crippen LogP contribution in [0.5, 0.6) is 5.75 Å². The van der Waals surface area contributed by atoms with Crippen molar-refractivity contribution in [2.75, 3.05) is 13.7 Å². The molecule has 160 valence electrons. The molecular weight excluding hydrogens is 460 g/mol. The number of hydrogen-bond donors (Lipinski definition) is 1. The normalized spacial score (nSPS) is 14.4. The summed E-state index contributed by atoms with van der Waals surface area (Å²) >= 11 is 3.25. The van der Waals surface area contributed by atoms with Gasteiger partial charge >= 0.3 is 18.4 Å². The van der Waals surface area contributed by atoms with Gasteiger partial charge in [-0.15, -0.1) is 0 Å². The number of aromatic nitrogens is 1. The highest BCUT2D eigenvalue weighted by Gasteiger charge is 2.43. The molecular formula is C16H20BrF6N3O2. The molecule has 0 radical (unpaired) electrons. The standard InChI is InChI=1S/C16H20BrF6N3O2/c1-4-26(9(2)11-7-10(17)12(28-3)8-24-11)14(27)25-13(16(21,22)23)5-6-15(18,19)20/h7-9,13H,4-6H2,1-3H3,(H,25,27)/t9-,13?/m1/s1. The molecule has 28 heavy (non-hydrogen) atoms. The molecule has 0 fully saturated rings. The lowest BCUT2D eigenvalue weighted by molar-refractivity contribution is -0.171. The zero-order valence-corrected chi connectivity index (χ0v) is 16.9. The number of amides is 2. The van der Waals surface area contributed by atoms with E-state index >= 15 is 0 Å². The second kappa shape index (κ2) is 9.66. The molecule has 1 rings (SSSR count). The predicted octanol–water partition coefficient (Wildman–Crippen LogP) is 5.22. The van der Waals surface area contributed by atoms with E-state index in [2.05, 4.69) is 20.9 Å². The summed E-state index contributed by atoms with van der Waals surface area (Å²) in [6.07, 6.45) is -11.3. The molecule has 5 nitrogen and oxygen atoms in total. The van der Waals surface area contributed by atoms with Crippen molar-refractivity contribution in [3.05, 3.63) is 22.4 Å². The molecule has 2 atom stereocenters. The molecule has 0 aliphatic rings. The zero-order chi connectivity index (χ0) is 21.7. The fourth-order valence-electron chi connectivity index (χ4n) is 2.42. The first-order valence-electron chi connectivity index (χ1n) is 8.20. The molecule has 1 unspecified atom stereocenters. The number of nitrogens with one attached hydrogen (secondary N) is 1. The van der Waals surface area contributed by atoms with E-state index in [-0.39, 0.29) is 6.54 Å².